The molecule has 0 spiro atoms. The maximum atomic E-state index is 13.9. The van der Waals surface area contributed by atoms with Crippen molar-refractivity contribution in [1.29, 1.82) is 5.26 Å². The van der Waals surface area contributed by atoms with Crippen LogP contribution in [0.1, 0.15) is 18.9 Å². The molecule has 0 aromatic heterocycles. The van der Waals surface area contributed by atoms with Crippen LogP contribution < -0.4 is 5.32 Å². The highest BCUT2D eigenvalue weighted by atomic mass is 79.9. The van der Waals surface area contributed by atoms with Crippen molar-refractivity contribution in [2.75, 3.05) is 26.0 Å². The van der Waals surface area contributed by atoms with Crippen LogP contribution in [0.3, 0.4) is 0 Å². The predicted octanol–water partition coefficient (Wildman–Crippen LogP) is 3.21. The summed E-state index contributed by atoms with van der Waals surface area (Å²) in [5, 5.41) is 11.9. The zero-order chi connectivity index (χ0) is 13.7. The average Bonchev–Trinajstić information content (AvgIpc) is 2.33. The smallest absolute Gasteiger partial charge is 0.161 e. The lowest BCUT2D eigenvalue weighted by molar-refractivity contribution is 0.390. The van der Waals surface area contributed by atoms with Crippen molar-refractivity contribution < 1.29 is 4.39 Å². The Hall–Kier alpha value is -1.12. The lowest BCUT2D eigenvalue weighted by Crippen LogP contribution is -2.23. The van der Waals surface area contributed by atoms with Gasteiger partial charge in [0.1, 0.15) is 6.07 Å². The first-order valence-electron chi connectivity index (χ1n) is 5.75. The fraction of sp³-hybridized carbons (Fsp3) is 0.462. The van der Waals surface area contributed by atoms with Gasteiger partial charge < -0.3 is 10.2 Å². The zero-order valence-corrected chi connectivity index (χ0v) is 12.4. The summed E-state index contributed by atoms with van der Waals surface area (Å²) in [5.41, 5.74) is 0.728. The molecular weight excluding hydrogens is 297 g/mol. The van der Waals surface area contributed by atoms with E-state index >= 15 is 0 Å². The van der Waals surface area contributed by atoms with Gasteiger partial charge in [0, 0.05) is 6.04 Å². The molecule has 18 heavy (non-hydrogen) atoms. The fourth-order valence-electron chi connectivity index (χ4n) is 1.54. The van der Waals surface area contributed by atoms with Gasteiger partial charge in [0.05, 0.1) is 15.7 Å². The Labute approximate surface area is 116 Å². The molecule has 1 aromatic carbocycles. The molecule has 1 unspecified atom stereocenters. The number of rotatable bonds is 5. The van der Waals surface area contributed by atoms with E-state index in [2.05, 4.69) is 26.1 Å². The van der Waals surface area contributed by atoms with E-state index in [0.717, 1.165) is 13.0 Å². The lowest BCUT2D eigenvalue weighted by atomic mass is 10.1. The van der Waals surface area contributed by atoms with E-state index in [9.17, 15) is 4.39 Å². The standard InChI is InChI=1S/C13H17BrFN3/c1-9(6-7-18(2)3)17-11-5-4-10(8-16)12(14)13(11)15/h4-5,9,17H,6-7H2,1-3H3. The molecule has 0 fully saturated rings. The first-order chi connectivity index (χ1) is 8.45. The summed E-state index contributed by atoms with van der Waals surface area (Å²) in [5.74, 6) is -0.411. The monoisotopic (exact) mass is 313 g/mol. The van der Waals surface area contributed by atoms with Crippen LogP contribution in [0.5, 0.6) is 0 Å². The fourth-order valence-corrected chi connectivity index (χ4v) is 1.97. The summed E-state index contributed by atoms with van der Waals surface area (Å²) in [7, 11) is 4.01. The Kier molecular flexibility index (Phi) is 5.57. The van der Waals surface area contributed by atoms with E-state index < -0.39 is 5.82 Å². The van der Waals surface area contributed by atoms with Crippen LogP contribution in [-0.2, 0) is 0 Å². The number of hydrogen-bond donors (Lipinski definition) is 1. The quantitative estimate of drug-likeness (QED) is 0.907. The third kappa shape index (κ3) is 3.97. The second-order valence-corrected chi connectivity index (χ2v) is 5.33. The maximum absolute atomic E-state index is 13.9. The van der Waals surface area contributed by atoms with E-state index in [-0.39, 0.29) is 10.5 Å². The van der Waals surface area contributed by atoms with Crippen LogP contribution in [0.15, 0.2) is 16.6 Å². The summed E-state index contributed by atoms with van der Waals surface area (Å²) in [6, 6.07) is 5.31. The van der Waals surface area contributed by atoms with Crippen LogP contribution in [0.2, 0.25) is 0 Å². The molecule has 0 saturated carbocycles. The van der Waals surface area contributed by atoms with E-state index in [1.165, 1.54) is 0 Å². The van der Waals surface area contributed by atoms with Gasteiger partial charge in [-0.25, -0.2) is 4.39 Å². The second-order valence-electron chi connectivity index (χ2n) is 4.54. The van der Waals surface area contributed by atoms with Crippen LogP contribution in [0.25, 0.3) is 0 Å². The molecule has 0 heterocycles. The highest BCUT2D eigenvalue weighted by molar-refractivity contribution is 9.10. The SMILES string of the molecule is CC(CCN(C)C)Nc1ccc(C#N)c(Br)c1F. The average molecular weight is 314 g/mol. The molecule has 0 bridgehead atoms. The molecule has 1 rings (SSSR count). The number of anilines is 1. The summed E-state index contributed by atoms with van der Waals surface area (Å²) >= 11 is 3.10. The normalized spacial score (nSPS) is 12.3. The number of benzene rings is 1. The molecule has 1 aromatic rings. The Morgan fingerprint density at radius 2 is 2.17 bits per heavy atom. The number of nitrogens with zero attached hydrogens (tertiary/aromatic N) is 2. The van der Waals surface area contributed by atoms with Crippen LogP contribution >= 0.6 is 15.9 Å². The highest BCUT2D eigenvalue weighted by Gasteiger charge is 2.12. The summed E-state index contributed by atoms with van der Waals surface area (Å²) in [6.45, 7) is 2.95. The lowest BCUT2D eigenvalue weighted by Gasteiger charge is -2.18. The van der Waals surface area contributed by atoms with Crippen molar-refractivity contribution in [3.63, 3.8) is 0 Å². The van der Waals surface area contributed by atoms with Gasteiger partial charge in [0.15, 0.2) is 5.82 Å². The van der Waals surface area contributed by atoms with Crippen molar-refractivity contribution in [3.05, 3.63) is 28.0 Å². The molecule has 0 aliphatic carbocycles. The molecule has 3 nitrogen and oxygen atoms in total. The molecule has 1 N–H and O–H groups in total. The molecule has 0 aliphatic rings. The molecule has 0 amide bonds. The molecule has 1 atom stereocenters. The molecule has 0 aliphatic heterocycles. The van der Waals surface area contributed by atoms with Gasteiger partial charge in [0.2, 0.25) is 0 Å². The number of hydrogen-bond acceptors (Lipinski definition) is 3. The third-order valence-corrected chi connectivity index (χ3v) is 3.39. The Morgan fingerprint density at radius 3 is 2.72 bits per heavy atom. The van der Waals surface area contributed by atoms with Crippen molar-refractivity contribution in [2.24, 2.45) is 0 Å². The number of nitriles is 1. The third-order valence-electron chi connectivity index (χ3n) is 2.61. The van der Waals surface area contributed by atoms with Gasteiger partial charge in [-0.1, -0.05) is 0 Å². The van der Waals surface area contributed by atoms with Gasteiger partial charge >= 0.3 is 0 Å². The van der Waals surface area contributed by atoms with Gasteiger partial charge in [-0.3, -0.25) is 0 Å². The summed E-state index contributed by atoms with van der Waals surface area (Å²) in [4.78, 5) is 2.09. The van der Waals surface area contributed by atoms with Gasteiger partial charge in [-0.15, -0.1) is 0 Å². The van der Waals surface area contributed by atoms with Crippen LogP contribution in [0, 0.1) is 17.1 Å². The molecule has 0 radical (unpaired) electrons. The van der Waals surface area contributed by atoms with Gasteiger partial charge in [-0.05, 0) is 62.0 Å². The van der Waals surface area contributed by atoms with Crippen LogP contribution in [0.4, 0.5) is 10.1 Å². The molecule has 5 heteroatoms. The van der Waals surface area contributed by atoms with E-state index in [0.29, 0.717) is 11.3 Å². The molecule has 0 saturated heterocycles. The number of halogens is 2. The maximum Gasteiger partial charge on any atom is 0.161 e. The van der Waals surface area contributed by atoms with Crippen molar-refractivity contribution in [1.82, 2.24) is 4.90 Å². The summed E-state index contributed by atoms with van der Waals surface area (Å²) < 4.78 is 14.2. The van der Waals surface area contributed by atoms with Crippen molar-refractivity contribution >= 4 is 21.6 Å². The Morgan fingerprint density at radius 1 is 1.50 bits per heavy atom. The minimum absolute atomic E-state index is 0.168. The predicted molar refractivity (Wildman–Crippen MR) is 75.1 cm³/mol. The molecular formula is C13H17BrFN3. The van der Waals surface area contributed by atoms with Crippen LogP contribution in [-0.4, -0.2) is 31.6 Å². The zero-order valence-electron chi connectivity index (χ0n) is 10.8. The van der Waals surface area contributed by atoms with Crippen molar-refractivity contribution in [2.45, 2.75) is 19.4 Å². The first kappa shape index (κ1) is 14.9. The summed E-state index contributed by atoms with van der Waals surface area (Å²) in [6.07, 6.45) is 0.921. The first-order valence-corrected chi connectivity index (χ1v) is 6.54. The van der Waals surface area contributed by atoms with E-state index in [1.54, 1.807) is 12.1 Å². The second kappa shape index (κ2) is 6.72. The number of nitrogens with one attached hydrogen (secondary N) is 1. The Balaban J connectivity index is 2.74. The van der Waals surface area contributed by atoms with Crippen molar-refractivity contribution in [3.8, 4) is 6.07 Å². The molecule has 98 valence electrons. The topological polar surface area (TPSA) is 39.1 Å². The van der Waals surface area contributed by atoms with E-state index in [4.69, 9.17) is 5.26 Å². The van der Waals surface area contributed by atoms with Gasteiger partial charge in [-0.2, -0.15) is 5.26 Å². The van der Waals surface area contributed by atoms with E-state index in [1.807, 2.05) is 27.1 Å². The Bertz CT molecular complexity index is 454. The minimum Gasteiger partial charge on any atom is -0.380 e. The minimum atomic E-state index is -0.411. The largest absolute Gasteiger partial charge is 0.380 e. The highest BCUT2D eigenvalue weighted by Crippen LogP contribution is 2.27. The van der Waals surface area contributed by atoms with Gasteiger partial charge in [0.25, 0.3) is 0 Å².